The molecule has 0 bridgehead atoms. The second kappa shape index (κ2) is 6.28. The van der Waals surface area contributed by atoms with Crippen molar-refractivity contribution < 1.29 is 4.79 Å². The molecule has 1 unspecified atom stereocenters. The minimum atomic E-state index is 0.0427. The zero-order valence-corrected chi connectivity index (χ0v) is 9.99. The number of rotatable bonds is 5. The van der Waals surface area contributed by atoms with Gasteiger partial charge in [-0.25, -0.2) is 0 Å². The van der Waals surface area contributed by atoms with Gasteiger partial charge in [0.2, 0.25) is 5.91 Å². The van der Waals surface area contributed by atoms with Crippen molar-refractivity contribution in [2.24, 2.45) is 5.73 Å². The van der Waals surface area contributed by atoms with Crippen LogP contribution in [0.3, 0.4) is 0 Å². The number of hydrogen-bond donors (Lipinski definition) is 2. The SMILES string of the molecule is CCC(CN)NC(=O)Cc1ccc(C)cc1. The fourth-order valence-corrected chi connectivity index (χ4v) is 1.50. The Morgan fingerprint density at radius 3 is 2.50 bits per heavy atom. The normalized spacial score (nSPS) is 12.2. The molecule has 0 aromatic heterocycles. The third-order valence-corrected chi connectivity index (χ3v) is 2.63. The van der Waals surface area contributed by atoms with E-state index in [2.05, 4.69) is 5.32 Å². The van der Waals surface area contributed by atoms with Gasteiger partial charge in [0.15, 0.2) is 0 Å². The van der Waals surface area contributed by atoms with Crippen LogP contribution in [0.15, 0.2) is 24.3 Å². The first-order chi connectivity index (χ1) is 7.65. The predicted molar refractivity (Wildman–Crippen MR) is 66.2 cm³/mol. The Bertz CT molecular complexity index is 328. The van der Waals surface area contributed by atoms with Gasteiger partial charge in [-0.15, -0.1) is 0 Å². The molecule has 1 amide bonds. The van der Waals surface area contributed by atoms with Gasteiger partial charge in [0.25, 0.3) is 0 Å². The molecule has 1 aromatic rings. The first kappa shape index (κ1) is 12.7. The van der Waals surface area contributed by atoms with Crippen molar-refractivity contribution in [3.05, 3.63) is 35.4 Å². The number of aryl methyl sites for hydroxylation is 1. The van der Waals surface area contributed by atoms with Crippen LogP contribution in [0.1, 0.15) is 24.5 Å². The molecule has 0 aliphatic carbocycles. The highest BCUT2D eigenvalue weighted by Gasteiger charge is 2.08. The van der Waals surface area contributed by atoms with Gasteiger partial charge in [-0.3, -0.25) is 4.79 Å². The highest BCUT2D eigenvalue weighted by atomic mass is 16.1. The van der Waals surface area contributed by atoms with Crippen molar-refractivity contribution in [3.8, 4) is 0 Å². The monoisotopic (exact) mass is 220 g/mol. The van der Waals surface area contributed by atoms with Crippen LogP contribution in [-0.2, 0) is 11.2 Å². The van der Waals surface area contributed by atoms with E-state index < -0.39 is 0 Å². The van der Waals surface area contributed by atoms with Gasteiger partial charge in [0.05, 0.1) is 6.42 Å². The van der Waals surface area contributed by atoms with Gasteiger partial charge in [-0.05, 0) is 18.9 Å². The van der Waals surface area contributed by atoms with Crippen LogP contribution in [0.5, 0.6) is 0 Å². The van der Waals surface area contributed by atoms with Crippen molar-refractivity contribution in [1.29, 1.82) is 0 Å². The standard InChI is InChI=1S/C13H20N2O/c1-3-12(9-14)15-13(16)8-11-6-4-10(2)5-7-11/h4-7,12H,3,8-9,14H2,1-2H3,(H,15,16). The van der Waals surface area contributed by atoms with Gasteiger partial charge in [-0.2, -0.15) is 0 Å². The highest BCUT2D eigenvalue weighted by molar-refractivity contribution is 5.78. The maximum absolute atomic E-state index is 11.7. The van der Waals surface area contributed by atoms with E-state index in [1.165, 1.54) is 5.56 Å². The number of hydrogen-bond acceptors (Lipinski definition) is 2. The molecule has 1 aromatic carbocycles. The Kier molecular flexibility index (Phi) is 4.99. The van der Waals surface area contributed by atoms with Crippen molar-refractivity contribution in [2.45, 2.75) is 32.7 Å². The molecular formula is C13H20N2O. The van der Waals surface area contributed by atoms with E-state index in [0.717, 1.165) is 12.0 Å². The second-order valence-corrected chi connectivity index (χ2v) is 4.07. The molecule has 0 heterocycles. The Morgan fingerprint density at radius 1 is 1.38 bits per heavy atom. The molecule has 88 valence electrons. The molecule has 3 nitrogen and oxygen atoms in total. The molecule has 3 N–H and O–H groups in total. The molecule has 0 saturated carbocycles. The molecule has 0 aliphatic heterocycles. The molecule has 0 radical (unpaired) electrons. The fraction of sp³-hybridized carbons (Fsp3) is 0.462. The van der Waals surface area contributed by atoms with Gasteiger partial charge < -0.3 is 11.1 Å². The van der Waals surface area contributed by atoms with Crippen LogP contribution < -0.4 is 11.1 Å². The molecule has 0 aliphatic rings. The Hall–Kier alpha value is -1.35. The van der Waals surface area contributed by atoms with Gasteiger partial charge >= 0.3 is 0 Å². The number of carbonyl (C=O) groups excluding carboxylic acids is 1. The van der Waals surface area contributed by atoms with Crippen LogP contribution in [0.2, 0.25) is 0 Å². The molecule has 1 atom stereocenters. The van der Waals surface area contributed by atoms with E-state index in [4.69, 9.17) is 5.73 Å². The molecule has 0 saturated heterocycles. The van der Waals surface area contributed by atoms with E-state index >= 15 is 0 Å². The number of nitrogens with two attached hydrogens (primary N) is 1. The summed E-state index contributed by atoms with van der Waals surface area (Å²) in [7, 11) is 0. The average Bonchev–Trinajstić information content (AvgIpc) is 2.29. The van der Waals surface area contributed by atoms with Crippen molar-refractivity contribution >= 4 is 5.91 Å². The zero-order chi connectivity index (χ0) is 12.0. The molecule has 16 heavy (non-hydrogen) atoms. The van der Waals surface area contributed by atoms with E-state index in [1.807, 2.05) is 38.1 Å². The number of carbonyl (C=O) groups is 1. The predicted octanol–water partition coefficient (Wildman–Crippen LogP) is 1.39. The minimum absolute atomic E-state index is 0.0427. The first-order valence-electron chi connectivity index (χ1n) is 5.70. The maximum atomic E-state index is 11.7. The fourth-order valence-electron chi connectivity index (χ4n) is 1.50. The lowest BCUT2D eigenvalue weighted by atomic mass is 10.1. The topological polar surface area (TPSA) is 55.1 Å². The number of benzene rings is 1. The summed E-state index contributed by atoms with van der Waals surface area (Å²) in [4.78, 5) is 11.7. The highest BCUT2D eigenvalue weighted by Crippen LogP contribution is 2.04. The lowest BCUT2D eigenvalue weighted by molar-refractivity contribution is -0.121. The quantitative estimate of drug-likeness (QED) is 0.788. The summed E-state index contributed by atoms with van der Waals surface area (Å²) in [5, 5.41) is 2.92. The zero-order valence-electron chi connectivity index (χ0n) is 9.99. The third-order valence-electron chi connectivity index (χ3n) is 2.63. The minimum Gasteiger partial charge on any atom is -0.352 e. The maximum Gasteiger partial charge on any atom is 0.224 e. The summed E-state index contributed by atoms with van der Waals surface area (Å²) in [6.07, 6.45) is 1.30. The van der Waals surface area contributed by atoms with Gasteiger partial charge in [0.1, 0.15) is 0 Å². The van der Waals surface area contributed by atoms with Gasteiger partial charge in [-0.1, -0.05) is 36.8 Å². The smallest absolute Gasteiger partial charge is 0.224 e. The molecule has 3 heteroatoms. The summed E-state index contributed by atoms with van der Waals surface area (Å²) in [5.41, 5.74) is 7.77. The molecule has 0 spiro atoms. The van der Waals surface area contributed by atoms with E-state index in [1.54, 1.807) is 0 Å². The summed E-state index contributed by atoms with van der Waals surface area (Å²) in [6.45, 7) is 4.55. The average molecular weight is 220 g/mol. The number of nitrogens with one attached hydrogen (secondary N) is 1. The van der Waals surface area contributed by atoms with Crippen molar-refractivity contribution in [2.75, 3.05) is 6.54 Å². The van der Waals surface area contributed by atoms with E-state index in [0.29, 0.717) is 13.0 Å². The van der Waals surface area contributed by atoms with E-state index in [-0.39, 0.29) is 11.9 Å². The summed E-state index contributed by atoms with van der Waals surface area (Å²) in [6, 6.07) is 8.10. The van der Waals surface area contributed by atoms with E-state index in [9.17, 15) is 4.79 Å². The summed E-state index contributed by atoms with van der Waals surface area (Å²) < 4.78 is 0. The second-order valence-electron chi connectivity index (χ2n) is 4.07. The summed E-state index contributed by atoms with van der Waals surface area (Å²) in [5.74, 6) is 0.0427. The van der Waals surface area contributed by atoms with Crippen LogP contribution in [0.25, 0.3) is 0 Å². The third kappa shape index (κ3) is 4.03. The van der Waals surface area contributed by atoms with Crippen molar-refractivity contribution in [1.82, 2.24) is 5.32 Å². The lowest BCUT2D eigenvalue weighted by Gasteiger charge is -2.14. The van der Waals surface area contributed by atoms with Gasteiger partial charge in [0, 0.05) is 12.6 Å². The lowest BCUT2D eigenvalue weighted by Crippen LogP contribution is -2.40. The van der Waals surface area contributed by atoms with Crippen LogP contribution in [-0.4, -0.2) is 18.5 Å². The Labute approximate surface area is 97.0 Å². The molecular weight excluding hydrogens is 200 g/mol. The first-order valence-corrected chi connectivity index (χ1v) is 5.70. The molecule has 1 rings (SSSR count). The Morgan fingerprint density at radius 2 is 2.00 bits per heavy atom. The summed E-state index contributed by atoms with van der Waals surface area (Å²) >= 11 is 0. The number of amides is 1. The Balaban J connectivity index is 2.48. The van der Waals surface area contributed by atoms with Crippen LogP contribution >= 0.6 is 0 Å². The van der Waals surface area contributed by atoms with Crippen LogP contribution in [0.4, 0.5) is 0 Å². The molecule has 0 fully saturated rings. The van der Waals surface area contributed by atoms with Crippen LogP contribution in [0, 0.1) is 6.92 Å². The van der Waals surface area contributed by atoms with Crippen molar-refractivity contribution in [3.63, 3.8) is 0 Å². The largest absolute Gasteiger partial charge is 0.352 e.